The molecule has 35 heavy (non-hydrogen) atoms. The van der Waals surface area contributed by atoms with E-state index < -0.39 is 0 Å². The Hall–Kier alpha value is -2.96. The highest BCUT2D eigenvalue weighted by molar-refractivity contribution is 5.95. The van der Waals surface area contributed by atoms with Gasteiger partial charge < -0.3 is 10.6 Å². The first-order valence-electron chi connectivity index (χ1n) is 13.0. The number of rotatable bonds is 7. The molecule has 5 rings (SSSR count). The lowest BCUT2D eigenvalue weighted by molar-refractivity contribution is 0.0949. The first kappa shape index (κ1) is 23.8. The molecule has 1 aromatic heterocycles. The normalized spacial score (nSPS) is 16.7. The molecule has 2 aromatic carbocycles. The van der Waals surface area contributed by atoms with Crippen LogP contribution >= 0.6 is 0 Å². The van der Waals surface area contributed by atoms with Crippen molar-refractivity contribution in [2.45, 2.75) is 52.0 Å². The average molecular weight is 472 g/mol. The summed E-state index contributed by atoms with van der Waals surface area (Å²) >= 11 is 0. The fourth-order valence-electron chi connectivity index (χ4n) is 5.60. The maximum absolute atomic E-state index is 13.3. The lowest BCUT2D eigenvalue weighted by atomic mass is 9.91. The van der Waals surface area contributed by atoms with Crippen molar-refractivity contribution >= 4 is 5.91 Å². The Kier molecular flexibility index (Phi) is 7.30. The summed E-state index contributed by atoms with van der Waals surface area (Å²) in [5, 5.41) is 11.4. The van der Waals surface area contributed by atoms with Crippen LogP contribution in [0.2, 0.25) is 0 Å². The van der Waals surface area contributed by atoms with E-state index in [9.17, 15) is 4.79 Å². The molecule has 0 radical (unpaired) electrons. The SMILES string of the molecule is Cc1ccc(-n2ncc(C(=O)NCCCN3CCc4ccccc4C3)c2C2CCNCC2)c(C)c1. The number of hydrogen-bond acceptors (Lipinski definition) is 4. The summed E-state index contributed by atoms with van der Waals surface area (Å²) in [5.41, 5.74) is 8.17. The van der Waals surface area contributed by atoms with Gasteiger partial charge in [0.15, 0.2) is 0 Å². The minimum absolute atomic E-state index is 0.00135. The quantitative estimate of drug-likeness (QED) is 0.509. The molecule has 3 aromatic rings. The van der Waals surface area contributed by atoms with Gasteiger partial charge in [-0.05, 0) is 75.4 Å². The van der Waals surface area contributed by atoms with Crippen LogP contribution in [-0.2, 0) is 13.0 Å². The molecule has 0 bridgehead atoms. The Labute approximate surface area is 208 Å². The van der Waals surface area contributed by atoms with Gasteiger partial charge >= 0.3 is 0 Å². The van der Waals surface area contributed by atoms with Crippen molar-refractivity contribution in [1.82, 2.24) is 25.3 Å². The number of carbonyl (C=O) groups excluding carboxylic acids is 1. The van der Waals surface area contributed by atoms with Crippen LogP contribution in [0.4, 0.5) is 0 Å². The smallest absolute Gasteiger partial charge is 0.254 e. The second kappa shape index (κ2) is 10.8. The molecule has 2 aliphatic rings. The standard InChI is InChI=1S/C29H37N5O/c1-21-8-9-27(22(2)18-21)34-28(24-10-14-30-15-11-24)26(19-32-34)29(35)31-13-5-16-33-17-12-23-6-3-4-7-25(23)20-33/h3-4,6-9,18-19,24,30H,5,10-17,20H2,1-2H3,(H,31,35). The predicted octanol–water partition coefficient (Wildman–Crippen LogP) is 4.13. The highest BCUT2D eigenvalue weighted by atomic mass is 16.1. The van der Waals surface area contributed by atoms with E-state index in [1.165, 1.54) is 22.3 Å². The third kappa shape index (κ3) is 5.34. The Morgan fingerprint density at radius 1 is 1.11 bits per heavy atom. The molecular weight excluding hydrogens is 434 g/mol. The zero-order valence-corrected chi connectivity index (χ0v) is 21.0. The zero-order valence-electron chi connectivity index (χ0n) is 21.0. The minimum atomic E-state index is -0.00135. The molecule has 3 heterocycles. The van der Waals surface area contributed by atoms with Crippen LogP contribution in [0.15, 0.2) is 48.7 Å². The van der Waals surface area contributed by atoms with Gasteiger partial charge in [-0.1, -0.05) is 42.0 Å². The van der Waals surface area contributed by atoms with Crippen molar-refractivity contribution in [3.05, 3.63) is 82.2 Å². The van der Waals surface area contributed by atoms with Crippen molar-refractivity contribution in [2.24, 2.45) is 0 Å². The number of aromatic nitrogens is 2. The molecule has 0 saturated carbocycles. The number of piperidine rings is 1. The van der Waals surface area contributed by atoms with Crippen LogP contribution in [0.25, 0.3) is 5.69 Å². The Morgan fingerprint density at radius 2 is 1.91 bits per heavy atom. The average Bonchev–Trinajstić information content (AvgIpc) is 3.32. The minimum Gasteiger partial charge on any atom is -0.352 e. The highest BCUT2D eigenvalue weighted by Crippen LogP contribution is 2.31. The topological polar surface area (TPSA) is 62.2 Å². The van der Waals surface area contributed by atoms with Gasteiger partial charge in [0.1, 0.15) is 0 Å². The molecule has 0 spiro atoms. The van der Waals surface area contributed by atoms with E-state index in [1.807, 2.05) is 4.68 Å². The van der Waals surface area contributed by atoms with Crippen molar-refractivity contribution in [1.29, 1.82) is 0 Å². The van der Waals surface area contributed by atoms with Gasteiger partial charge in [-0.3, -0.25) is 9.69 Å². The van der Waals surface area contributed by atoms with Crippen LogP contribution in [0.3, 0.4) is 0 Å². The molecule has 184 valence electrons. The number of nitrogens with one attached hydrogen (secondary N) is 2. The third-order valence-corrected chi connectivity index (χ3v) is 7.50. The van der Waals surface area contributed by atoms with E-state index in [4.69, 9.17) is 5.10 Å². The number of carbonyl (C=O) groups is 1. The highest BCUT2D eigenvalue weighted by Gasteiger charge is 2.27. The van der Waals surface area contributed by atoms with Gasteiger partial charge in [-0.25, -0.2) is 4.68 Å². The summed E-state index contributed by atoms with van der Waals surface area (Å²) in [6, 6.07) is 15.2. The summed E-state index contributed by atoms with van der Waals surface area (Å²) in [6.45, 7) is 9.95. The lowest BCUT2D eigenvalue weighted by Crippen LogP contribution is -2.34. The largest absolute Gasteiger partial charge is 0.352 e. The Morgan fingerprint density at radius 3 is 2.71 bits per heavy atom. The van der Waals surface area contributed by atoms with Gasteiger partial charge in [0, 0.05) is 32.1 Å². The van der Waals surface area contributed by atoms with Gasteiger partial charge in [0.25, 0.3) is 5.91 Å². The second-order valence-corrected chi connectivity index (χ2v) is 10.1. The fraction of sp³-hybridized carbons (Fsp3) is 0.448. The lowest BCUT2D eigenvalue weighted by Gasteiger charge is -2.28. The van der Waals surface area contributed by atoms with Crippen molar-refractivity contribution in [3.8, 4) is 5.69 Å². The van der Waals surface area contributed by atoms with Crippen molar-refractivity contribution in [3.63, 3.8) is 0 Å². The van der Waals surface area contributed by atoms with E-state index >= 15 is 0 Å². The van der Waals surface area contributed by atoms with E-state index in [0.717, 1.165) is 75.4 Å². The maximum Gasteiger partial charge on any atom is 0.254 e. The van der Waals surface area contributed by atoms with Crippen molar-refractivity contribution in [2.75, 3.05) is 32.7 Å². The summed E-state index contributed by atoms with van der Waals surface area (Å²) in [5.74, 6) is 0.326. The van der Waals surface area contributed by atoms with Crippen LogP contribution in [0.5, 0.6) is 0 Å². The molecule has 1 amide bonds. The first-order valence-corrected chi connectivity index (χ1v) is 13.0. The molecule has 0 aliphatic carbocycles. The summed E-state index contributed by atoms with van der Waals surface area (Å²) in [6.07, 6.45) is 5.87. The van der Waals surface area contributed by atoms with Crippen LogP contribution < -0.4 is 10.6 Å². The van der Waals surface area contributed by atoms with Crippen LogP contribution in [0, 0.1) is 13.8 Å². The number of aryl methyl sites for hydroxylation is 2. The molecule has 6 nitrogen and oxygen atoms in total. The number of benzene rings is 2. The maximum atomic E-state index is 13.3. The monoisotopic (exact) mass is 471 g/mol. The van der Waals surface area contributed by atoms with Crippen LogP contribution in [-0.4, -0.2) is 53.3 Å². The molecule has 1 fully saturated rings. The van der Waals surface area contributed by atoms with Crippen LogP contribution in [0.1, 0.15) is 63.5 Å². The summed E-state index contributed by atoms with van der Waals surface area (Å²) < 4.78 is 2.02. The van der Waals surface area contributed by atoms with Gasteiger partial charge in [-0.15, -0.1) is 0 Å². The van der Waals surface area contributed by atoms with Gasteiger partial charge in [0.2, 0.25) is 0 Å². The van der Waals surface area contributed by atoms with Gasteiger partial charge in [-0.2, -0.15) is 5.10 Å². The second-order valence-electron chi connectivity index (χ2n) is 10.1. The molecule has 0 atom stereocenters. The van der Waals surface area contributed by atoms with E-state index in [0.29, 0.717) is 12.5 Å². The first-order chi connectivity index (χ1) is 17.1. The zero-order chi connectivity index (χ0) is 24.2. The Balaban J connectivity index is 1.25. The summed E-state index contributed by atoms with van der Waals surface area (Å²) in [7, 11) is 0. The molecule has 0 unspecified atom stereocenters. The number of nitrogens with zero attached hydrogens (tertiary/aromatic N) is 3. The number of fused-ring (bicyclic) bond motifs is 1. The third-order valence-electron chi connectivity index (χ3n) is 7.50. The van der Waals surface area contributed by atoms with E-state index in [1.54, 1.807) is 6.20 Å². The molecule has 2 aliphatic heterocycles. The van der Waals surface area contributed by atoms with Crippen molar-refractivity contribution < 1.29 is 4.79 Å². The molecule has 1 saturated heterocycles. The molecule has 2 N–H and O–H groups in total. The van der Waals surface area contributed by atoms with E-state index in [2.05, 4.69) is 71.8 Å². The number of amides is 1. The molecular formula is C29H37N5O. The Bertz CT molecular complexity index is 1180. The fourth-order valence-corrected chi connectivity index (χ4v) is 5.60. The van der Waals surface area contributed by atoms with Gasteiger partial charge in [0.05, 0.1) is 23.1 Å². The molecule has 6 heteroatoms. The summed E-state index contributed by atoms with van der Waals surface area (Å²) in [4.78, 5) is 15.8. The number of hydrogen-bond donors (Lipinski definition) is 2. The predicted molar refractivity (Wildman–Crippen MR) is 140 cm³/mol. The van der Waals surface area contributed by atoms with E-state index in [-0.39, 0.29) is 5.91 Å².